The number of nitrogens with two attached hydrogens (primary N) is 1. The maximum absolute atomic E-state index is 10.9. The fourth-order valence-corrected chi connectivity index (χ4v) is 1.24. The molecule has 0 saturated carbocycles. The lowest BCUT2D eigenvalue weighted by Crippen LogP contribution is -2.28. The van der Waals surface area contributed by atoms with Crippen LogP contribution in [0.4, 0.5) is 5.69 Å². The molecule has 1 rings (SSSR count). The number of nitrogens with one attached hydrogen (secondary N) is 1. The number of carbonyl (C=O) groups excluding carboxylic acids is 1. The molecule has 0 heterocycles. The van der Waals surface area contributed by atoms with E-state index in [1.807, 2.05) is 37.3 Å². The third kappa shape index (κ3) is 3.09. The Morgan fingerprint density at radius 2 is 2.07 bits per heavy atom. The van der Waals surface area contributed by atoms with E-state index in [-0.39, 0.29) is 11.8 Å². The Kier molecular flexibility index (Phi) is 3.98. The van der Waals surface area contributed by atoms with Crippen molar-refractivity contribution in [1.82, 2.24) is 0 Å². The van der Waals surface area contributed by atoms with E-state index in [2.05, 4.69) is 5.32 Å². The minimum absolute atomic E-state index is 0.0878. The van der Waals surface area contributed by atoms with E-state index < -0.39 is 0 Å². The van der Waals surface area contributed by atoms with Gasteiger partial charge in [-0.25, -0.2) is 0 Å². The van der Waals surface area contributed by atoms with Crippen molar-refractivity contribution in [2.75, 3.05) is 11.9 Å². The highest BCUT2D eigenvalue weighted by Gasteiger charge is 2.11. The SMILES string of the molecule is CCC(CNc1ccccc1)C(N)=O. The first-order chi connectivity index (χ1) is 6.74. The van der Waals surface area contributed by atoms with Crippen LogP contribution < -0.4 is 11.1 Å². The molecular weight excluding hydrogens is 176 g/mol. The number of anilines is 1. The van der Waals surface area contributed by atoms with Crippen LogP contribution >= 0.6 is 0 Å². The molecular formula is C11H16N2O. The van der Waals surface area contributed by atoms with E-state index >= 15 is 0 Å². The average Bonchev–Trinajstić information content (AvgIpc) is 2.20. The van der Waals surface area contributed by atoms with Crippen molar-refractivity contribution in [1.29, 1.82) is 0 Å². The summed E-state index contributed by atoms with van der Waals surface area (Å²) >= 11 is 0. The van der Waals surface area contributed by atoms with E-state index in [1.54, 1.807) is 0 Å². The van der Waals surface area contributed by atoms with Gasteiger partial charge >= 0.3 is 0 Å². The normalized spacial score (nSPS) is 12.1. The first-order valence-electron chi connectivity index (χ1n) is 4.82. The largest absolute Gasteiger partial charge is 0.384 e. The van der Waals surface area contributed by atoms with Gasteiger partial charge in [-0.15, -0.1) is 0 Å². The molecule has 1 amide bonds. The fourth-order valence-electron chi connectivity index (χ4n) is 1.24. The molecule has 1 aromatic carbocycles. The van der Waals surface area contributed by atoms with E-state index in [0.717, 1.165) is 12.1 Å². The zero-order valence-electron chi connectivity index (χ0n) is 8.36. The van der Waals surface area contributed by atoms with Crippen LogP contribution in [0.25, 0.3) is 0 Å². The average molecular weight is 192 g/mol. The Morgan fingerprint density at radius 1 is 1.43 bits per heavy atom. The second kappa shape index (κ2) is 5.27. The standard InChI is InChI=1S/C11H16N2O/c1-2-9(11(12)14)8-13-10-6-4-3-5-7-10/h3-7,9,13H,2,8H2,1H3,(H2,12,14). The van der Waals surface area contributed by atoms with E-state index in [9.17, 15) is 4.79 Å². The molecule has 0 saturated heterocycles. The van der Waals surface area contributed by atoms with Gasteiger partial charge in [0.2, 0.25) is 5.91 Å². The van der Waals surface area contributed by atoms with Gasteiger partial charge in [0.05, 0.1) is 5.92 Å². The van der Waals surface area contributed by atoms with Crippen molar-refractivity contribution in [2.24, 2.45) is 11.7 Å². The Hall–Kier alpha value is -1.51. The van der Waals surface area contributed by atoms with Gasteiger partial charge < -0.3 is 11.1 Å². The number of para-hydroxylation sites is 1. The number of carbonyl (C=O) groups is 1. The maximum Gasteiger partial charge on any atom is 0.222 e. The summed E-state index contributed by atoms with van der Waals surface area (Å²) in [6, 6.07) is 9.79. The van der Waals surface area contributed by atoms with Crippen molar-refractivity contribution in [2.45, 2.75) is 13.3 Å². The molecule has 1 aromatic rings. The fraction of sp³-hybridized carbons (Fsp3) is 0.364. The summed E-state index contributed by atoms with van der Waals surface area (Å²) in [6.07, 6.45) is 0.773. The molecule has 0 spiro atoms. The predicted molar refractivity (Wildman–Crippen MR) is 57.9 cm³/mol. The Bertz CT molecular complexity index is 285. The molecule has 3 nitrogen and oxygen atoms in total. The number of hydrogen-bond acceptors (Lipinski definition) is 2. The van der Waals surface area contributed by atoms with Crippen LogP contribution in [0.5, 0.6) is 0 Å². The van der Waals surface area contributed by atoms with Crippen molar-refractivity contribution < 1.29 is 4.79 Å². The number of hydrogen-bond donors (Lipinski definition) is 2. The minimum atomic E-state index is -0.240. The molecule has 0 aliphatic rings. The van der Waals surface area contributed by atoms with Gasteiger partial charge in [-0.3, -0.25) is 4.79 Å². The molecule has 3 heteroatoms. The second-order valence-electron chi connectivity index (χ2n) is 3.25. The topological polar surface area (TPSA) is 55.1 Å². The quantitative estimate of drug-likeness (QED) is 0.744. The van der Waals surface area contributed by atoms with Crippen LogP contribution in [0.1, 0.15) is 13.3 Å². The summed E-state index contributed by atoms with van der Waals surface area (Å²) < 4.78 is 0. The molecule has 0 fully saturated rings. The molecule has 0 bridgehead atoms. The summed E-state index contributed by atoms with van der Waals surface area (Å²) in [4.78, 5) is 10.9. The van der Waals surface area contributed by atoms with Crippen molar-refractivity contribution in [3.05, 3.63) is 30.3 Å². The molecule has 1 unspecified atom stereocenters. The molecule has 0 aliphatic carbocycles. The van der Waals surface area contributed by atoms with Gasteiger partial charge in [0.1, 0.15) is 0 Å². The van der Waals surface area contributed by atoms with Crippen LogP contribution in [-0.2, 0) is 4.79 Å². The molecule has 0 aliphatic heterocycles. The van der Waals surface area contributed by atoms with E-state index in [0.29, 0.717) is 6.54 Å². The smallest absolute Gasteiger partial charge is 0.222 e. The molecule has 0 aromatic heterocycles. The van der Waals surface area contributed by atoms with Crippen LogP contribution in [0.15, 0.2) is 30.3 Å². The molecule has 1 atom stereocenters. The van der Waals surface area contributed by atoms with Crippen LogP contribution in [0.3, 0.4) is 0 Å². The lowest BCUT2D eigenvalue weighted by molar-refractivity contribution is -0.121. The lowest BCUT2D eigenvalue weighted by Gasteiger charge is -2.12. The van der Waals surface area contributed by atoms with Crippen LogP contribution in [-0.4, -0.2) is 12.5 Å². The summed E-state index contributed by atoms with van der Waals surface area (Å²) in [7, 11) is 0. The summed E-state index contributed by atoms with van der Waals surface area (Å²) in [5.41, 5.74) is 6.25. The van der Waals surface area contributed by atoms with Crippen LogP contribution in [0.2, 0.25) is 0 Å². The van der Waals surface area contributed by atoms with E-state index in [1.165, 1.54) is 0 Å². The second-order valence-corrected chi connectivity index (χ2v) is 3.25. The van der Waals surface area contributed by atoms with Gasteiger partial charge in [-0.05, 0) is 18.6 Å². The number of rotatable bonds is 5. The molecule has 76 valence electrons. The minimum Gasteiger partial charge on any atom is -0.384 e. The van der Waals surface area contributed by atoms with Crippen molar-refractivity contribution in [3.63, 3.8) is 0 Å². The first kappa shape index (κ1) is 10.6. The summed E-state index contributed by atoms with van der Waals surface area (Å²) in [5, 5.41) is 3.18. The third-order valence-electron chi connectivity index (χ3n) is 2.22. The zero-order valence-corrected chi connectivity index (χ0v) is 8.36. The van der Waals surface area contributed by atoms with E-state index in [4.69, 9.17) is 5.73 Å². The maximum atomic E-state index is 10.9. The Morgan fingerprint density at radius 3 is 2.57 bits per heavy atom. The number of amides is 1. The van der Waals surface area contributed by atoms with Crippen molar-refractivity contribution in [3.8, 4) is 0 Å². The van der Waals surface area contributed by atoms with Gasteiger partial charge in [0.15, 0.2) is 0 Å². The highest BCUT2D eigenvalue weighted by Crippen LogP contribution is 2.08. The number of primary amides is 1. The molecule has 14 heavy (non-hydrogen) atoms. The molecule has 3 N–H and O–H groups in total. The highest BCUT2D eigenvalue weighted by molar-refractivity contribution is 5.77. The highest BCUT2D eigenvalue weighted by atomic mass is 16.1. The Balaban J connectivity index is 2.44. The van der Waals surface area contributed by atoms with Gasteiger partial charge in [0.25, 0.3) is 0 Å². The monoisotopic (exact) mass is 192 g/mol. The first-order valence-corrected chi connectivity index (χ1v) is 4.82. The number of benzene rings is 1. The summed E-state index contributed by atoms with van der Waals surface area (Å²) in [6.45, 7) is 2.57. The molecule has 0 radical (unpaired) electrons. The third-order valence-corrected chi connectivity index (χ3v) is 2.22. The lowest BCUT2D eigenvalue weighted by atomic mass is 10.1. The predicted octanol–water partition coefficient (Wildman–Crippen LogP) is 1.61. The zero-order chi connectivity index (χ0) is 10.4. The van der Waals surface area contributed by atoms with Crippen molar-refractivity contribution >= 4 is 11.6 Å². The van der Waals surface area contributed by atoms with Gasteiger partial charge in [-0.1, -0.05) is 25.1 Å². The van der Waals surface area contributed by atoms with Gasteiger partial charge in [0, 0.05) is 12.2 Å². The summed E-state index contributed by atoms with van der Waals surface area (Å²) in [5.74, 6) is -0.328. The Labute approximate surface area is 84.3 Å². The van der Waals surface area contributed by atoms with Gasteiger partial charge in [-0.2, -0.15) is 0 Å². The van der Waals surface area contributed by atoms with Crippen LogP contribution in [0, 0.1) is 5.92 Å².